The van der Waals surface area contributed by atoms with Gasteiger partial charge >= 0.3 is 0 Å². The van der Waals surface area contributed by atoms with E-state index in [0.717, 1.165) is 5.57 Å². The van der Waals surface area contributed by atoms with E-state index in [4.69, 9.17) is 10.5 Å². The topological polar surface area (TPSA) is 55.6 Å². The van der Waals surface area contributed by atoms with Gasteiger partial charge in [0, 0.05) is 0 Å². The Morgan fingerprint density at radius 2 is 2.27 bits per heavy atom. The van der Waals surface area contributed by atoms with Crippen LogP contribution in [0.4, 0.5) is 0 Å². The Labute approximate surface area is 91.0 Å². The first-order valence-electron chi connectivity index (χ1n) is 5.22. The molecule has 2 atom stereocenters. The molecule has 1 aliphatic rings. The van der Waals surface area contributed by atoms with Crippen molar-refractivity contribution in [2.24, 2.45) is 5.73 Å². The lowest BCUT2D eigenvalue weighted by atomic mass is 9.96. The molecule has 0 amide bonds. The molecule has 3 heteroatoms. The Kier molecular flexibility index (Phi) is 3.83. The average Bonchev–Trinajstić information content (AvgIpc) is 2.93. The zero-order chi connectivity index (χ0) is 11.5. The number of epoxide rings is 1. The fourth-order valence-electron chi connectivity index (χ4n) is 1.41. The van der Waals surface area contributed by atoms with E-state index in [0.29, 0.717) is 13.0 Å². The van der Waals surface area contributed by atoms with Crippen LogP contribution in [0.15, 0.2) is 23.8 Å². The maximum absolute atomic E-state index is 11.7. The molecule has 0 aromatic heterocycles. The molecule has 3 nitrogen and oxygen atoms in total. The number of hydrogen-bond donors (Lipinski definition) is 1. The minimum absolute atomic E-state index is 0.00993. The number of ketones is 1. The Morgan fingerprint density at radius 3 is 2.73 bits per heavy atom. The Hall–Kier alpha value is -0.930. The van der Waals surface area contributed by atoms with Gasteiger partial charge in [0.1, 0.15) is 5.60 Å². The number of Topliss-reactive ketones (excluding diaryl/α,β-unsaturated/α-hetero) is 1. The van der Waals surface area contributed by atoms with Crippen molar-refractivity contribution in [2.45, 2.75) is 38.8 Å². The van der Waals surface area contributed by atoms with Crippen molar-refractivity contribution in [3.8, 4) is 0 Å². The van der Waals surface area contributed by atoms with Gasteiger partial charge < -0.3 is 10.5 Å². The van der Waals surface area contributed by atoms with Crippen molar-refractivity contribution in [3.63, 3.8) is 0 Å². The molecule has 0 saturated carbocycles. The van der Waals surface area contributed by atoms with Crippen LogP contribution < -0.4 is 5.73 Å². The number of ether oxygens (including phenoxy) is 1. The lowest BCUT2D eigenvalue weighted by Crippen LogP contribution is -2.39. The van der Waals surface area contributed by atoms with E-state index in [1.165, 1.54) is 0 Å². The monoisotopic (exact) mass is 209 g/mol. The van der Waals surface area contributed by atoms with Crippen LogP contribution >= 0.6 is 0 Å². The van der Waals surface area contributed by atoms with Gasteiger partial charge in [0.15, 0.2) is 5.78 Å². The first-order chi connectivity index (χ1) is 6.99. The molecule has 0 bridgehead atoms. The average molecular weight is 209 g/mol. The first-order valence-corrected chi connectivity index (χ1v) is 5.22. The predicted octanol–water partition coefficient (Wildman–Crippen LogP) is 1.58. The molecule has 0 aromatic rings. The predicted molar refractivity (Wildman–Crippen MR) is 60.5 cm³/mol. The summed E-state index contributed by atoms with van der Waals surface area (Å²) in [4.78, 5) is 11.7. The normalized spacial score (nSPS) is 28.1. The van der Waals surface area contributed by atoms with E-state index < -0.39 is 11.6 Å². The second kappa shape index (κ2) is 4.73. The minimum atomic E-state index is -0.597. The van der Waals surface area contributed by atoms with Gasteiger partial charge in [-0.25, -0.2) is 0 Å². The summed E-state index contributed by atoms with van der Waals surface area (Å²) in [6, 6.07) is -0.445. The SMILES string of the molecule is CC=CC=C(C)CC(N)C(=O)C1(C)CO1. The van der Waals surface area contributed by atoms with Crippen LogP contribution in [0.25, 0.3) is 0 Å². The molecule has 0 aromatic carbocycles. The molecule has 2 N–H and O–H groups in total. The van der Waals surface area contributed by atoms with Gasteiger partial charge in [-0.1, -0.05) is 23.8 Å². The molecular formula is C12H19NO2. The summed E-state index contributed by atoms with van der Waals surface area (Å²) in [5, 5.41) is 0. The number of rotatable bonds is 5. The molecule has 2 unspecified atom stereocenters. The highest BCUT2D eigenvalue weighted by molar-refractivity contribution is 5.93. The third-order valence-electron chi connectivity index (χ3n) is 2.55. The molecule has 15 heavy (non-hydrogen) atoms. The Morgan fingerprint density at radius 1 is 1.67 bits per heavy atom. The lowest BCUT2D eigenvalue weighted by molar-refractivity contribution is -0.124. The maximum atomic E-state index is 11.7. The summed E-state index contributed by atoms with van der Waals surface area (Å²) < 4.78 is 5.08. The summed E-state index contributed by atoms with van der Waals surface area (Å²) >= 11 is 0. The number of carbonyl (C=O) groups is 1. The molecule has 0 radical (unpaired) electrons. The molecule has 1 aliphatic heterocycles. The quantitative estimate of drug-likeness (QED) is 0.552. The van der Waals surface area contributed by atoms with Crippen molar-refractivity contribution in [1.29, 1.82) is 0 Å². The van der Waals surface area contributed by atoms with Gasteiger partial charge in [0.05, 0.1) is 12.6 Å². The van der Waals surface area contributed by atoms with Crippen molar-refractivity contribution in [3.05, 3.63) is 23.8 Å². The molecule has 1 rings (SSSR count). The van der Waals surface area contributed by atoms with Crippen LogP contribution in [0.2, 0.25) is 0 Å². The fraction of sp³-hybridized carbons (Fsp3) is 0.583. The second-order valence-electron chi connectivity index (χ2n) is 4.23. The van der Waals surface area contributed by atoms with E-state index in [1.807, 2.05) is 32.1 Å². The highest BCUT2D eigenvalue weighted by atomic mass is 16.6. The van der Waals surface area contributed by atoms with E-state index in [2.05, 4.69) is 0 Å². The molecule has 1 fully saturated rings. The van der Waals surface area contributed by atoms with Crippen LogP contribution in [-0.2, 0) is 9.53 Å². The van der Waals surface area contributed by atoms with Gasteiger partial charge in [0.25, 0.3) is 0 Å². The Bertz CT molecular complexity index is 301. The van der Waals surface area contributed by atoms with Crippen molar-refractivity contribution in [1.82, 2.24) is 0 Å². The van der Waals surface area contributed by atoms with Crippen LogP contribution in [-0.4, -0.2) is 24.0 Å². The van der Waals surface area contributed by atoms with Gasteiger partial charge in [0.2, 0.25) is 0 Å². The van der Waals surface area contributed by atoms with Gasteiger partial charge in [-0.3, -0.25) is 4.79 Å². The smallest absolute Gasteiger partial charge is 0.183 e. The number of nitrogens with two attached hydrogens (primary N) is 1. The van der Waals surface area contributed by atoms with Crippen molar-refractivity contribution < 1.29 is 9.53 Å². The van der Waals surface area contributed by atoms with Crippen LogP contribution in [0.3, 0.4) is 0 Å². The van der Waals surface area contributed by atoms with E-state index in [9.17, 15) is 4.79 Å². The molecule has 0 aliphatic carbocycles. The lowest BCUT2D eigenvalue weighted by Gasteiger charge is -2.12. The molecular weight excluding hydrogens is 190 g/mol. The molecule has 84 valence electrons. The highest BCUT2D eigenvalue weighted by Gasteiger charge is 2.48. The van der Waals surface area contributed by atoms with Crippen LogP contribution in [0.5, 0.6) is 0 Å². The summed E-state index contributed by atoms with van der Waals surface area (Å²) in [6.07, 6.45) is 6.47. The maximum Gasteiger partial charge on any atom is 0.183 e. The highest BCUT2D eigenvalue weighted by Crippen LogP contribution is 2.28. The van der Waals surface area contributed by atoms with Gasteiger partial charge in [-0.2, -0.15) is 0 Å². The third-order valence-corrected chi connectivity index (χ3v) is 2.55. The van der Waals surface area contributed by atoms with Crippen molar-refractivity contribution in [2.75, 3.05) is 6.61 Å². The van der Waals surface area contributed by atoms with E-state index in [1.54, 1.807) is 6.92 Å². The number of hydrogen-bond acceptors (Lipinski definition) is 3. The minimum Gasteiger partial charge on any atom is -0.362 e. The van der Waals surface area contributed by atoms with Gasteiger partial charge in [-0.15, -0.1) is 0 Å². The zero-order valence-corrected chi connectivity index (χ0v) is 9.62. The first kappa shape index (κ1) is 12.1. The van der Waals surface area contributed by atoms with Crippen LogP contribution in [0, 0.1) is 0 Å². The second-order valence-corrected chi connectivity index (χ2v) is 4.23. The Balaban J connectivity index is 2.48. The number of carbonyl (C=O) groups excluding carboxylic acids is 1. The summed E-state index contributed by atoms with van der Waals surface area (Å²) in [5.41, 5.74) is 6.33. The number of allylic oxidation sites excluding steroid dienone is 3. The molecule has 1 saturated heterocycles. The molecule has 1 heterocycles. The van der Waals surface area contributed by atoms with Crippen molar-refractivity contribution >= 4 is 5.78 Å². The standard InChI is InChI=1S/C12H19NO2/c1-4-5-6-9(2)7-10(13)11(14)12(3)8-15-12/h4-6,10H,7-8,13H2,1-3H3. The van der Waals surface area contributed by atoms with E-state index >= 15 is 0 Å². The van der Waals surface area contributed by atoms with Gasteiger partial charge in [-0.05, 0) is 27.2 Å². The van der Waals surface area contributed by atoms with E-state index in [-0.39, 0.29) is 5.78 Å². The summed E-state index contributed by atoms with van der Waals surface area (Å²) in [6.45, 7) is 6.23. The fourth-order valence-corrected chi connectivity index (χ4v) is 1.41. The zero-order valence-electron chi connectivity index (χ0n) is 9.62. The third kappa shape index (κ3) is 3.29. The largest absolute Gasteiger partial charge is 0.362 e. The summed E-state index contributed by atoms with van der Waals surface area (Å²) in [5.74, 6) is 0.00993. The van der Waals surface area contributed by atoms with Crippen LogP contribution in [0.1, 0.15) is 27.2 Å². The summed E-state index contributed by atoms with van der Waals surface area (Å²) in [7, 11) is 0. The molecule has 0 spiro atoms.